The smallest absolute Gasteiger partial charge is 0.431 e. The van der Waals surface area contributed by atoms with Gasteiger partial charge >= 0.3 is 35.9 Å². The number of halogens is 4. The van der Waals surface area contributed by atoms with E-state index in [0.29, 0.717) is 15.2 Å². The average Bonchev–Trinajstić information content (AvgIpc) is 3.09. The van der Waals surface area contributed by atoms with Gasteiger partial charge in [-0.1, -0.05) is 23.7 Å². The topological polar surface area (TPSA) is 221 Å². The van der Waals surface area contributed by atoms with Gasteiger partial charge in [0.25, 0.3) is 15.6 Å². The summed E-state index contributed by atoms with van der Waals surface area (Å²) < 4.78 is 91.4. The van der Waals surface area contributed by atoms with Crippen LogP contribution in [-0.2, 0) is 32.7 Å². The van der Waals surface area contributed by atoms with Gasteiger partial charge in [0, 0.05) is 20.2 Å². The number of hydrogen-bond donors (Lipinski definition) is 2. The number of ether oxygens (including phenoxy) is 5. The molecule has 2 aromatic carbocycles. The molecule has 0 spiro atoms. The number of urea groups is 1. The molecule has 23 heteroatoms. The maximum absolute atomic E-state index is 12.9. The Hall–Kier alpha value is -5.74. The molecular weight excluding hydrogens is 771 g/mol. The molecular formula is C31H33ClF3N7O11S. The molecule has 2 aromatic heterocycles. The summed E-state index contributed by atoms with van der Waals surface area (Å²) in [7, 11) is 0.761. The number of para-hydroxylation sites is 1. The Kier molecular flexibility index (Phi) is 14.5. The number of amides is 2. The van der Waals surface area contributed by atoms with Crippen LogP contribution in [0.2, 0.25) is 5.02 Å². The van der Waals surface area contributed by atoms with Crippen molar-refractivity contribution in [3.05, 3.63) is 85.6 Å². The fourth-order valence-electron chi connectivity index (χ4n) is 4.13. The molecule has 0 saturated heterocycles. The van der Waals surface area contributed by atoms with E-state index in [2.05, 4.69) is 20.3 Å². The maximum Gasteiger partial charge on any atom is 0.431 e. The number of alkyl halides is 3. The molecule has 0 atom stereocenters. The van der Waals surface area contributed by atoms with Crippen LogP contribution in [0.4, 0.5) is 23.9 Å². The van der Waals surface area contributed by atoms with E-state index in [4.69, 9.17) is 35.3 Å². The summed E-state index contributed by atoms with van der Waals surface area (Å²) in [6.45, 7) is 3.64. The molecule has 0 aliphatic carbocycles. The second kappa shape index (κ2) is 18.3. The fraction of sp³-hybridized carbons (Fsp3) is 0.323. The third-order valence-corrected chi connectivity index (χ3v) is 8.18. The van der Waals surface area contributed by atoms with Crippen molar-refractivity contribution in [2.45, 2.75) is 31.0 Å². The van der Waals surface area contributed by atoms with Crippen LogP contribution in [-0.4, -0.2) is 85.2 Å². The van der Waals surface area contributed by atoms with E-state index in [-0.39, 0.29) is 58.1 Å². The largest absolute Gasteiger partial charge is 0.490 e. The number of sulfonamides is 1. The van der Waals surface area contributed by atoms with E-state index in [1.807, 2.05) is 4.72 Å². The highest BCUT2D eigenvalue weighted by Crippen LogP contribution is 2.27. The predicted molar refractivity (Wildman–Crippen MR) is 184 cm³/mol. The van der Waals surface area contributed by atoms with Crippen LogP contribution in [0.5, 0.6) is 17.8 Å². The Labute approximate surface area is 309 Å². The monoisotopic (exact) mass is 803 g/mol. The van der Waals surface area contributed by atoms with Gasteiger partial charge in [-0.3, -0.25) is 14.7 Å². The van der Waals surface area contributed by atoms with E-state index in [9.17, 15) is 40.8 Å². The van der Waals surface area contributed by atoms with Crippen molar-refractivity contribution in [1.29, 1.82) is 0 Å². The minimum Gasteiger partial charge on any atom is -0.490 e. The van der Waals surface area contributed by atoms with Crippen LogP contribution >= 0.6 is 11.6 Å². The van der Waals surface area contributed by atoms with Gasteiger partial charge in [-0.2, -0.15) is 23.1 Å². The second-order valence-electron chi connectivity index (χ2n) is 10.6. The number of carbonyl (C=O) groups is 2. The Bertz CT molecular complexity index is 2190. The highest BCUT2D eigenvalue weighted by Gasteiger charge is 2.35. The lowest BCUT2D eigenvalue weighted by Crippen LogP contribution is -2.40. The zero-order chi connectivity index (χ0) is 40.4. The summed E-state index contributed by atoms with van der Waals surface area (Å²) in [5.41, 5.74) is -4.01. The lowest BCUT2D eigenvalue weighted by molar-refractivity contribution is -0.144. The normalized spacial score (nSPS) is 11.2. The first-order chi connectivity index (χ1) is 25.3. The molecule has 0 radical (unpaired) electrons. The zero-order valence-electron chi connectivity index (χ0n) is 29.3. The molecule has 18 nitrogen and oxygen atoms in total. The Morgan fingerprint density at radius 2 is 1.57 bits per heavy atom. The number of rotatable bonds is 12. The summed E-state index contributed by atoms with van der Waals surface area (Å²) in [6.07, 6.45) is -5.30. The van der Waals surface area contributed by atoms with Crippen LogP contribution in [0.3, 0.4) is 0 Å². The summed E-state index contributed by atoms with van der Waals surface area (Å²) >= 11 is 5.94. The van der Waals surface area contributed by atoms with Crippen molar-refractivity contribution < 1.29 is 54.9 Å². The van der Waals surface area contributed by atoms with Gasteiger partial charge in [0.2, 0.25) is 5.95 Å². The van der Waals surface area contributed by atoms with Crippen LogP contribution < -0.4 is 35.5 Å². The summed E-state index contributed by atoms with van der Waals surface area (Å²) in [5.74, 6) is -0.979. The van der Waals surface area contributed by atoms with Crippen LogP contribution in [0, 0.1) is 0 Å². The molecule has 0 saturated carbocycles. The zero-order valence-corrected chi connectivity index (χ0v) is 30.8. The number of carbonyl (C=O) groups excluding carboxylic acids is 2. The van der Waals surface area contributed by atoms with Crippen molar-refractivity contribution in [1.82, 2.24) is 28.8 Å². The molecule has 0 aliphatic heterocycles. The molecule has 0 aliphatic rings. The Balaban J connectivity index is 0.000000291. The summed E-state index contributed by atoms with van der Waals surface area (Å²) in [4.78, 5) is 59.7. The van der Waals surface area contributed by atoms with E-state index >= 15 is 0 Å². The number of hydrogen-bond acceptors (Lipinski definition) is 14. The highest BCUT2D eigenvalue weighted by atomic mass is 35.5. The van der Waals surface area contributed by atoms with Crippen molar-refractivity contribution in [2.24, 2.45) is 7.05 Å². The van der Waals surface area contributed by atoms with Gasteiger partial charge < -0.3 is 23.7 Å². The van der Waals surface area contributed by atoms with E-state index in [1.54, 1.807) is 19.9 Å². The number of nitrogens with one attached hydrogen (secondary N) is 2. The first-order valence-electron chi connectivity index (χ1n) is 15.1. The lowest BCUT2D eigenvalue weighted by Gasteiger charge is -2.15. The molecule has 292 valence electrons. The third-order valence-electron chi connectivity index (χ3n) is 6.48. The minimum absolute atomic E-state index is 0.0104. The van der Waals surface area contributed by atoms with Crippen molar-refractivity contribution in [3.63, 3.8) is 0 Å². The molecule has 0 fully saturated rings. The maximum atomic E-state index is 12.9. The standard InChI is InChI=1S/C16H14ClF3N2O4.C15H19N5O7S/c1-8(2)26-14(24)10-6-9(4-5-11(10)17)22-13(23)7-12(16(18,19)20)21(3)15(22)25;1-24-8-9-27-10-6-4-5-7-11(10)28(22,23)20-13(21)16-12-17-14(25-2)19-15(18-12)26-3/h4-8H,1-3H3;4-7H,8-9H2,1-3H3,(H2,16,17,18,19,20,21). The summed E-state index contributed by atoms with van der Waals surface area (Å²) in [5, 5.41) is 2.19. The quantitative estimate of drug-likeness (QED) is 0.155. The number of nitrogens with zero attached hydrogens (tertiary/aromatic N) is 5. The molecule has 2 heterocycles. The SMILES string of the molecule is CC(C)OC(=O)c1cc(-n2c(=O)cc(C(F)(F)F)n(C)c2=O)ccc1Cl.COCCOc1ccccc1S(=O)(=O)NC(=O)Nc1nc(OC)nc(OC)n1. The van der Waals surface area contributed by atoms with E-state index in [0.717, 1.165) is 13.1 Å². The van der Waals surface area contributed by atoms with Gasteiger partial charge in [-0.05, 0) is 44.2 Å². The molecule has 2 N–H and O–H groups in total. The molecule has 0 unspecified atom stereocenters. The van der Waals surface area contributed by atoms with Gasteiger partial charge in [0.1, 0.15) is 22.9 Å². The molecule has 54 heavy (non-hydrogen) atoms. The highest BCUT2D eigenvalue weighted by molar-refractivity contribution is 7.90. The third kappa shape index (κ3) is 11.1. The molecule has 0 bridgehead atoms. The first-order valence-corrected chi connectivity index (χ1v) is 17.0. The van der Waals surface area contributed by atoms with Gasteiger partial charge in [-0.25, -0.2) is 32.1 Å². The second-order valence-corrected chi connectivity index (χ2v) is 12.7. The van der Waals surface area contributed by atoms with E-state index < -0.39 is 51.2 Å². The minimum atomic E-state index is -4.86. The van der Waals surface area contributed by atoms with Gasteiger partial charge in [0.15, 0.2) is 0 Å². The van der Waals surface area contributed by atoms with Crippen molar-refractivity contribution >= 4 is 39.6 Å². The summed E-state index contributed by atoms with van der Waals surface area (Å²) in [6, 6.07) is 8.43. The number of anilines is 1. The van der Waals surface area contributed by atoms with Crippen molar-refractivity contribution in [2.75, 3.05) is 39.9 Å². The van der Waals surface area contributed by atoms with Crippen LogP contribution in [0.25, 0.3) is 5.69 Å². The Morgan fingerprint density at radius 1 is 0.944 bits per heavy atom. The lowest BCUT2D eigenvalue weighted by atomic mass is 10.2. The number of benzene rings is 2. The number of aromatic nitrogens is 5. The fourth-order valence-corrected chi connectivity index (χ4v) is 5.38. The first kappa shape index (κ1) is 42.7. The van der Waals surface area contributed by atoms with Gasteiger partial charge in [-0.15, -0.1) is 4.98 Å². The van der Waals surface area contributed by atoms with Crippen LogP contribution in [0.1, 0.15) is 29.9 Å². The van der Waals surface area contributed by atoms with Gasteiger partial charge in [0.05, 0.1) is 43.2 Å². The van der Waals surface area contributed by atoms with Crippen LogP contribution in [0.15, 0.2) is 63.0 Å². The number of methoxy groups -OCH3 is 3. The Morgan fingerprint density at radius 3 is 2.15 bits per heavy atom. The number of esters is 1. The van der Waals surface area contributed by atoms with E-state index in [1.165, 1.54) is 51.7 Å². The molecule has 4 aromatic rings. The molecule has 4 rings (SSSR count). The molecule has 2 amide bonds. The van der Waals surface area contributed by atoms with Crippen molar-refractivity contribution in [3.8, 4) is 23.5 Å². The predicted octanol–water partition coefficient (Wildman–Crippen LogP) is 3.20. The average molecular weight is 804 g/mol.